The molecule has 1 unspecified atom stereocenters. The van der Waals surface area contributed by atoms with Crippen molar-refractivity contribution in [3.05, 3.63) is 71.1 Å². The number of esters is 1. The van der Waals surface area contributed by atoms with Gasteiger partial charge in [-0.3, -0.25) is 14.4 Å². The molecule has 3 rings (SSSR count). The van der Waals surface area contributed by atoms with E-state index in [1.54, 1.807) is 23.9 Å². The highest BCUT2D eigenvalue weighted by atomic mass is 16.5. The number of hydrogen-bond donors (Lipinski definition) is 1. The van der Waals surface area contributed by atoms with Gasteiger partial charge in [0.1, 0.15) is 17.5 Å². The molecule has 1 N–H and O–H groups in total. The molecule has 0 spiro atoms. The summed E-state index contributed by atoms with van der Waals surface area (Å²) in [5.74, 6) is -0.775. The number of allylic oxidation sites excluding steroid dienone is 1. The summed E-state index contributed by atoms with van der Waals surface area (Å²) in [5.41, 5.74) is 3.60. The molecule has 1 aliphatic rings. The van der Waals surface area contributed by atoms with Crippen molar-refractivity contribution < 1.29 is 19.1 Å². The monoisotopic (exact) mass is 460 g/mol. The van der Waals surface area contributed by atoms with Crippen LogP contribution < -0.4 is 15.1 Å². The third-order valence-electron chi connectivity index (χ3n) is 5.85. The van der Waals surface area contributed by atoms with Gasteiger partial charge >= 0.3 is 5.97 Å². The number of para-hydroxylation sites is 2. The summed E-state index contributed by atoms with van der Waals surface area (Å²) in [6, 6.07) is 16.5. The second-order valence-corrected chi connectivity index (χ2v) is 8.15. The topological polar surface area (TPSA) is 103 Å². The lowest BCUT2D eigenvalue weighted by Crippen LogP contribution is -2.31. The number of carbonyl (C=O) groups is 3. The van der Waals surface area contributed by atoms with Gasteiger partial charge in [-0.05, 0) is 24.6 Å². The Kier molecular flexibility index (Phi) is 7.69. The van der Waals surface area contributed by atoms with Crippen LogP contribution in [-0.4, -0.2) is 38.9 Å². The molecule has 1 amide bonds. The number of methoxy groups -OCH3 is 1. The lowest BCUT2D eigenvalue weighted by atomic mass is 10.0. The number of benzene rings is 2. The normalized spacial score (nSPS) is 13.1. The Hall–Kier alpha value is -4.12. The van der Waals surface area contributed by atoms with Gasteiger partial charge in [0.05, 0.1) is 30.9 Å². The van der Waals surface area contributed by atoms with Crippen LogP contribution in [0.5, 0.6) is 0 Å². The standard InChI is InChI=1S/C26H28N4O4/c1-17-9-11-18(12-10-17)20(15-25(33)34-4)28-24(32)14-13-23(31)19(16-27)26-29(2)21-7-5-6-8-22(21)30(26)3/h5-12,20H,13-15H2,1-4H3,(H,28,32). The number of nitrogens with one attached hydrogen (secondary N) is 1. The van der Waals surface area contributed by atoms with E-state index in [1.165, 1.54) is 7.11 Å². The molecule has 0 aliphatic carbocycles. The van der Waals surface area contributed by atoms with E-state index in [2.05, 4.69) is 5.32 Å². The van der Waals surface area contributed by atoms with Crippen LogP contribution in [0.2, 0.25) is 0 Å². The van der Waals surface area contributed by atoms with Gasteiger partial charge < -0.3 is 19.9 Å². The van der Waals surface area contributed by atoms with E-state index in [1.807, 2.05) is 61.5 Å². The van der Waals surface area contributed by atoms with E-state index >= 15 is 0 Å². The van der Waals surface area contributed by atoms with E-state index in [9.17, 15) is 19.6 Å². The van der Waals surface area contributed by atoms with Crippen molar-refractivity contribution in [2.75, 3.05) is 31.0 Å². The second kappa shape index (κ2) is 10.7. The van der Waals surface area contributed by atoms with E-state index < -0.39 is 17.8 Å². The fourth-order valence-electron chi connectivity index (χ4n) is 3.98. The molecule has 8 nitrogen and oxygen atoms in total. The first-order chi connectivity index (χ1) is 16.3. The number of nitrogens with zero attached hydrogens (tertiary/aromatic N) is 3. The van der Waals surface area contributed by atoms with Crippen molar-refractivity contribution in [2.45, 2.75) is 32.2 Å². The fraction of sp³-hybridized carbons (Fsp3) is 0.308. The predicted molar refractivity (Wildman–Crippen MR) is 129 cm³/mol. The summed E-state index contributed by atoms with van der Waals surface area (Å²) in [5, 5.41) is 12.6. The molecule has 34 heavy (non-hydrogen) atoms. The summed E-state index contributed by atoms with van der Waals surface area (Å²) < 4.78 is 4.76. The van der Waals surface area contributed by atoms with Gasteiger partial charge in [-0.25, -0.2) is 0 Å². The number of amides is 1. The zero-order valence-electron chi connectivity index (χ0n) is 19.8. The van der Waals surface area contributed by atoms with E-state index in [0.29, 0.717) is 5.82 Å². The number of hydrogen-bond acceptors (Lipinski definition) is 7. The second-order valence-electron chi connectivity index (χ2n) is 8.15. The number of aryl methyl sites for hydroxylation is 1. The van der Waals surface area contributed by atoms with Gasteiger partial charge in [0, 0.05) is 26.9 Å². The maximum atomic E-state index is 12.9. The summed E-state index contributed by atoms with van der Waals surface area (Å²) in [4.78, 5) is 41.1. The summed E-state index contributed by atoms with van der Waals surface area (Å²) >= 11 is 0. The Labute approximate surface area is 199 Å². The van der Waals surface area contributed by atoms with Crippen LogP contribution in [0.15, 0.2) is 59.9 Å². The van der Waals surface area contributed by atoms with E-state index in [-0.39, 0.29) is 30.7 Å². The lowest BCUT2D eigenvalue weighted by molar-refractivity contribution is -0.141. The first-order valence-electron chi connectivity index (χ1n) is 10.9. The largest absolute Gasteiger partial charge is 0.469 e. The van der Waals surface area contributed by atoms with Crippen LogP contribution in [0.3, 0.4) is 0 Å². The third kappa shape index (κ3) is 5.26. The first-order valence-corrected chi connectivity index (χ1v) is 10.9. The Morgan fingerprint density at radius 2 is 1.59 bits per heavy atom. The number of rotatable bonds is 8. The maximum Gasteiger partial charge on any atom is 0.307 e. The minimum Gasteiger partial charge on any atom is -0.469 e. The number of anilines is 2. The quantitative estimate of drug-likeness (QED) is 0.366. The molecule has 1 aliphatic heterocycles. The zero-order valence-corrected chi connectivity index (χ0v) is 19.8. The predicted octanol–water partition coefficient (Wildman–Crippen LogP) is 3.39. The molecule has 1 heterocycles. The van der Waals surface area contributed by atoms with Crippen LogP contribution in [0.4, 0.5) is 11.4 Å². The Morgan fingerprint density at radius 3 is 2.12 bits per heavy atom. The highest BCUT2D eigenvalue weighted by molar-refractivity contribution is 6.03. The zero-order chi connectivity index (χ0) is 24.8. The summed E-state index contributed by atoms with van der Waals surface area (Å²) in [6.45, 7) is 1.95. The smallest absolute Gasteiger partial charge is 0.307 e. The van der Waals surface area contributed by atoms with Crippen molar-refractivity contribution in [3.8, 4) is 6.07 Å². The van der Waals surface area contributed by atoms with Crippen molar-refractivity contribution in [2.24, 2.45) is 0 Å². The lowest BCUT2D eigenvalue weighted by Gasteiger charge is -2.20. The van der Waals surface area contributed by atoms with Crippen LogP contribution in [0.25, 0.3) is 0 Å². The number of ether oxygens (including phenoxy) is 1. The van der Waals surface area contributed by atoms with Gasteiger partial charge in [0.25, 0.3) is 0 Å². The molecule has 0 bridgehead atoms. The molecule has 176 valence electrons. The molecule has 0 fully saturated rings. The van der Waals surface area contributed by atoms with Crippen LogP contribution in [0.1, 0.15) is 36.4 Å². The number of nitriles is 1. The Balaban J connectivity index is 1.71. The van der Waals surface area contributed by atoms with Crippen LogP contribution >= 0.6 is 0 Å². The maximum absolute atomic E-state index is 12.9. The van der Waals surface area contributed by atoms with Crippen molar-refractivity contribution in [3.63, 3.8) is 0 Å². The highest BCUT2D eigenvalue weighted by Gasteiger charge is 2.31. The molecular weight excluding hydrogens is 432 g/mol. The summed E-state index contributed by atoms with van der Waals surface area (Å²) in [6.07, 6.45) is -0.267. The molecule has 8 heteroatoms. The van der Waals surface area contributed by atoms with Gasteiger partial charge in [0.15, 0.2) is 5.78 Å². The number of Topliss-reactive ketones (excluding diaryl/α,β-unsaturated/α-hetero) is 1. The average molecular weight is 461 g/mol. The van der Waals surface area contributed by atoms with Crippen molar-refractivity contribution >= 4 is 29.0 Å². The molecule has 1 atom stereocenters. The van der Waals surface area contributed by atoms with Gasteiger partial charge in [-0.1, -0.05) is 42.0 Å². The van der Waals surface area contributed by atoms with Gasteiger partial charge in [0.2, 0.25) is 5.91 Å². The average Bonchev–Trinajstić information content (AvgIpc) is 3.08. The molecule has 2 aromatic rings. The van der Waals surface area contributed by atoms with E-state index in [4.69, 9.17) is 4.74 Å². The molecule has 0 aromatic heterocycles. The molecule has 0 radical (unpaired) electrons. The molecule has 0 saturated carbocycles. The Morgan fingerprint density at radius 1 is 1.00 bits per heavy atom. The molecular formula is C26H28N4O4. The Bertz CT molecular complexity index is 1130. The number of fused-ring (bicyclic) bond motifs is 1. The number of carbonyl (C=O) groups excluding carboxylic acids is 3. The SMILES string of the molecule is COC(=O)CC(NC(=O)CCC(=O)C(C#N)=C1N(C)c2ccccc2N1C)c1ccc(C)cc1. The first kappa shape index (κ1) is 24.5. The van der Waals surface area contributed by atoms with Gasteiger partial charge in [-0.2, -0.15) is 5.26 Å². The summed E-state index contributed by atoms with van der Waals surface area (Å²) in [7, 11) is 4.89. The van der Waals surface area contributed by atoms with Crippen LogP contribution in [-0.2, 0) is 19.1 Å². The van der Waals surface area contributed by atoms with Crippen molar-refractivity contribution in [1.29, 1.82) is 5.26 Å². The van der Waals surface area contributed by atoms with E-state index in [0.717, 1.165) is 22.5 Å². The minimum atomic E-state index is -0.578. The third-order valence-corrected chi connectivity index (χ3v) is 5.85. The number of ketones is 1. The van der Waals surface area contributed by atoms with Crippen LogP contribution in [0, 0.1) is 18.3 Å². The van der Waals surface area contributed by atoms with Crippen molar-refractivity contribution in [1.82, 2.24) is 5.32 Å². The van der Waals surface area contributed by atoms with Gasteiger partial charge in [-0.15, -0.1) is 0 Å². The highest BCUT2D eigenvalue weighted by Crippen LogP contribution is 2.40. The minimum absolute atomic E-state index is 0.00125. The molecule has 2 aromatic carbocycles. The molecule has 0 saturated heterocycles. The fourth-order valence-corrected chi connectivity index (χ4v) is 3.98.